The molecule has 0 aromatic heterocycles. The van der Waals surface area contributed by atoms with Crippen molar-refractivity contribution in [3.63, 3.8) is 0 Å². The van der Waals surface area contributed by atoms with Crippen LogP contribution >= 0.6 is 0 Å². The number of nitrogens with zero attached hydrogens (tertiary/aromatic N) is 2. The Labute approximate surface area is 165 Å². The zero-order valence-electron chi connectivity index (χ0n) is 16.3. The Balaban J connectivity index is 1.52. The number of carbonyl (C=O) groups excluding carboxylic acids is 2. The predicted molar refractivity (Wildman–Crippen MR) is 108 cm³/mol. The topological polar surface area (TPSA) is 59.1 Å². The van der Waals surface area contributed by atoms with E-state index >= 15 is 0 Å². The van der Waals surface area contributed by atoms with Crippen LogP contribution in [0.15, 0.2) is 54.1 Å². The molecule has 6 nitrogen and oxygen atoms in total. The van der Waals surface area contributed by atoms with E-state index in [2.05, 4.69) is 0 Å². The molecular weight excluding hydrogens is 356 g/mol. The zero-order valence-corrected chi connectivity index (χ0v) is 16.3. The van der Waals surface area contributed by atoms with E-state index in [1.165, 1.54) is 0 Å². The number of fused-ring (bicyclic) bond motifs is 1. The average Bonchev–Trinajstić information content (AvgIpc) is 2.71. The summed E-state index contributed by atoms with van der Waals surface area (Å²) in [4.78, 5) is 28.1. The molecule has 2 aromatic rings. The summed E-state index contributed by atoms with van der Waals surface area (Å²) in [5.41, 5.74) is 3.32. The van der Waals surface area contributed by atoms with Crippen LogP contribution in [-0.4, -0.2) is 51.1 Å². The van der Waals surface area contributed by atoms with Crippen molar-refractivity contribution in [3.05, 3.63) is 65.2 Å². The third-order valence-electron chi connectivity index (χ3n) is 4.52. The molecule has 0 bridgehead atoms. The summed E-state index contributed by atoms with van der Waals surface area (Å²) in [6, 6.07) is 15.4. The van der Waals surface area contributed by atoms with Gasteiger partial charge >= 0.3 is 5.97 Å². The first-order valence-corrected chi connectivity index (χ1v) is 9.04. The molecule has 0 fully saturated rings. The molecule has 1 amide bonds. The lowest BCUT2D eigenvalue weighted by Gasteiger charge is -2.19. The Morgan fingerprint density at radius 1 is 1.04 bits per heavy atom. The van der Waals surface area contributed by atoms with E-state index < -0.39 is 5.97 Å². The van der Waals surface area contributed by atoms with E-state index in [1.54, 1.807) is 18.0 Å². The molecule has 0 N–H and O–H groups in total. The van der Waals surface area contributed by atoms with Crippen molar-refractivity contribution in [2.75, 3.05) is 39.3 Å². The lowest BCUT2D eigenvalue weighted by molar-refractivity contribution is -0.148. The van der Waals surface area contributed by atoms with Crippen LogP contribution in [0.5, 0.6) is 5.75 Å². The summed E-state index contributed by atoms with van der Waals surface area (Å²) >= 11 is 0. The minimum atomic E-state index is -0.536. The van der Waals surface area contributed by atoms with Gasteiger partial charge in [-0.15, -0.1) is 0 Å². The molecule has 146 valence electrons. The van der Waals surface area contributed by atoms with Gasteiger partial charge < -0.3 is 19.3 Å². The lowest BCUT2D eigenvalue weighted by atomic mass is 10.1. The van der Waals surface area contributed by atoms with Gasteiger partial charge in [-0.3, -0.25) is 4.79 Å². The van der Waals surface area contributed by atoms with Gasteiger partial charge in [-0.1, -0.05) is 30.3 Å². The standard InChI is InChI=1S/C22H24N2O4/c1-23(2)19-10-8-16(9-11-19)13-24(3)21(25)15-28-22(26)18-12-17-6-4-5-7-20(17)27-14-18/h4-12H,13-15H2,1-3H3. The van der Waals surface area contributed by atoms with Crippen LogP contribution in [0.1, 0.15) is 11.1 Å². The first-order valence-electron chi connectivity index (χ1n) is 9.04. The number of amides is 1. The summed E-state index contributed by atoms with van der Waals surface area (Å²) in [5, 5.41) is 0. The smallest absolute Gasteiger partial charge is 0.338 e. The van der Waals surface area contributed by atoms with Crippen LogP contribution in [0.25, 0.3) is 6.08 Å². The fourth-order valence-electron chi connectivity index (χ4n) is 2.83. The number of para-hydroxylation sites is 1. The van der Waals surface area contributed by atoms with Gasteiger partial charge in [0.2, 0.25) is 0 Å². The largest absolute Gasteiger partial charge is 0.488 e. The summed E-state index contributed by atoms with van der Waals surface area (Å²) in [7, 11) is 5.64. The Kier molecular flexibility index (Phi) is 5.99. The zero-order chi connectivity index (χ0) is 20.1. The average molecular weight is 380 g/mol. The Morgan fingerprint density at radius 3 is 2.46 bits per heavy atom. The fourth-order valence-corrected chi connectivity index (χ4v) is 2.83. The number of benzene rings is 2. The van der Waals surface area contributed by atoms with Crippen LogP contribution < -0.4 is 9.64 Å². The third-order valence-corrected chi connectivity index (χ3v) is 4.52. The number of rotatable bonds is 6. The van der Waals surface area contributed by atoms with Gasteiger partial charge in [-0.2, -0.15) is 0 Å². The summed E-state index contributed by atoms with van der Waals surface area (Å²) in [5.74, 6) is -0.0653. The van der Waals surface area contributed by atoms with Gasteiger partial charge in [-0.25, -0.2) is 4.79 Å². The van der Waals surface area contributed by atoms with Gasteiger partial charge in [0, 0.05) is 38.9 Å². The molecule has 0 spiro atoms. The second-order valence-electron chi connectivity index (χ2n) is 6.88. The maximum absolute atomic E-state index is 12.3. The minimum Gasteiger partial charge on any atom is -0.488 e. The highest BCUT2D eigenvalue weighted by Gasteiger charge is 2.20. The van der Waals surface area contributed by atoms with Crippen molar-refractivity contribution < 1.29 is 19.1 Å². The summed E-state index contributed by atoms with van der Waals surface area (Å²) in [6.07, 6.45) is 1.74. The molecule has 0 saturated heterocycles. The molecular formula is C22H24N2O4. The predicted octanol–water partition coefficient (Wildman–Crippen LogP) is 2.73. The van der Waals surface area contributed by atoms with E-state index in [0.29, 0.717) is 12.1 Å². The SMILES string of the molecule is CN(Cc1ccc(N(C)C)cc1)C(=O)COC(=O)C1=Cc2ccccc2OC1. The summed E-state index contributed by atoms with van der Waals surface area (Å²) in [6.45, 7) is 0.283. The van der Waals surface area contributed by atoms with Gasteiger partial charge in [0.1, 0.15) is 12.4 Å². The van der Waals surface area contributed by atoms with Crippen molar-refractivity contribution >= 4 is 23.6 Å². The van der Waals surface area contributed by atoms with Crippen LogP contribution in [0, 0.1) is 0 Å². The highest BCUT2D eigenvalue weighted by atomic mass is 16.5. The monoisotopic (exact) mass is 380 g/mol. The first-order chi connectivity index (χ1) is 13.4. The molecule has 0 atom stereocenters. The summed E-state index contributed by atoms with van der Waals surface area (Å²) < 4.78 is 10.7. The second-order valence-corrected chi connectivity index (χ2v) is 6.88. The number of hydrogen-bond acceptors (Lipinski definition) is 5. The van der Waals surface area contributed by atoms with Crippen molar-refractivity contribution in [2.45, 2.75) is 6.54 Å². The molecule has 3 rings (SSSR count). The van der Waals surface area contributed by atoms with Gasteiger partial charge in [-0.05, 0) is 29.8 Å². The second kappa shape index (κ2) is 8.61. The molecule has 6 heteroatoms. The van der Waals surface area contributed by atoms with Crippen molar-refractivity contribution in [3.8, 4) is 5.75 Å². The fraction of sp³-hybridized carbons (Fsp3) is 0.273. The maximum Gasteiger partial charge on any atom is 0.338 e. The van der Waals surface area contributed by atoms with E-state index in [1.807, 2.05) is 67.5 Å². The van der Waals surface area contributed by atoms with Gasteiger partial charge in [0.05, 0.1) is 5.57 Å². The van der Waals surface area contributed by atoms with Crippen LogP contribution in [-0.2, 0) is 20.9 Å². The van der Waals surface area contributed by atoms with Crippen molar-refractivity contribution in [2.24, 2.45) is 0 Å². The highest BCUT2D eigenvalue weighted by molar-refractivity contribution is 5.96. The molecule has 1 aliphatic heterocycles. The highest BCUT2D eigenvalue weighted by Crippen LogP contribution is 2.26. The molecule has 0 aliphatic carbocycles. The molecule has 0 saturated carbocycles. The minimum absolute atomic E-state index is 0.137. The number of anilines is 1. The number of ether oxygens (including phenoxy) is 2. The third kappa shape index (κ3) is 4.71. The number of hydrogen-bond donors (Lipinski definition) is 0. The normalized spacial score (nSPS) is 12.3. The maximum atomic E-state index is 12.3. The molecule has 1 aliphatic rings. The number of likely N-dealkylation sites (N-methyl/N-ethyl adjacent to an activating group) is 1. The van der Waals surface area contributed by atoms with E-state index in [-0.39, 0.29) is 19.1 Å². The first kappa shape index (κ1) is 19.5. The van der Waals surface area contributed by atoms with Gasteiger partial charge in [0.25, 0.3) is 5.91 Å². The Hall–Kier alpha value is -3.28. The molecule has 0 radical (unpaired) electrons. The van der Waals surface area contributed by atoms with Crippen molar-refractivity contribution in [1.82, 2.24) is 4.90 Å². The number of carbonyl (C=O) groups is 2. The quantitative estimate of drug-likeness (QED) is 0.722. The van der Waals surface area contributed by atoms with E-state index in [9.17, 15) is 9.59 Å². The van der Waals surface area contributed by atoms with Crippen LogP contribution in [0.4, 0.5) is 5.69 Å². The van der Waals surface area contributed by atoms with Gasteiger partial charge in [0.15, 0.2) is 6.61 Å². The Bertz CT molecular complexity index is 888. The molecule has 0 unspecified atom stereocenters. The van der Waals surface area contributed by atoms with E-state index in [0.717, 1.165) is 22.6 Å². The van der Waals surface area contributed by atoms with E-state index in [4.69, 9.17) is 9.47 Å². The lowest BCUT2D eigenvalue weighted by Crippen LogP contribution is -2.31. The van der Waals surface area contributed by atoms with Crippen LogP contribution in [0.3, 0.4) is 0 Å². The molecule has 2 aromatic carbocycles. The Morgan fingerprint density at radius 2 is 1.75 bits per heavy atom. The molecule has 1 heterocycles. The number of esters is 1. The van der Waals surface area contributed by atoms with Crippen molar-refractivity contribution in [1.29, 1.82) is 0 Å². The molecule has 28 heavy (non-hydrogen) atoms. The van der Waals surface area contributed by atoms with Crippen LogP contribution in [0.2, 0.25) is 0 Å².